The standard InChI is InChI=1S/C25H31N3O3Si/c1-20-23(28(29)30)16-17-24(26-20)27(5)18-19-31-32(25(2,3)4,21-12-8-6-9-13-21)22-14-10-7-11-15-22/h6-17H,18-19H2,1-5H3. The predicted octanol–water partition coefficient (Wildman–Crippen LogP) is 4.31. The van der Waals surface area contributed by atoms with E-state index in [1.54, 1.807) is 13.0 Å². The van der Waals surface area contributed by atoms with Crippen molar-refractivity contribution < 1.29 is 9.35 Å². The van der Waals surface area contributed by atoms with Crippen LogP contribution < -0.4 is 15.3 Å². The molecule has 1 aromatic heterocycles. The minimum Gasteiger partial charge on any atom is -0.406 e. The van der Waals surface area contributed by atoms with Gasteiger partial charge in [-0.3, -0.25) is 10.1 Å². The molecule has 3 aromatic rings. The van der Waals surface area contributed by atoms with E-state index in [1.165, 1.54) is 16.4 Å². The maximum absolute atomic E-state index is 11.1. The van der Waals surface area contributed by atoms with Gasteiger partial charge in [0, 0.05) is 19.7 Å². The summed E-state index contributed by atoms with van der Waals surface area (Å²) < 4.78 is 6.91. The predicted molar refractivity (Wildman–Crippen MR) is 132 cm³/mol. The lowest BCUT2D eigenvalue weighted by molar-refractivity contribution is -0.385. The van der Waals surface area contributed by atoms with Crippen LogP contribution in [0.4, 0.5) is 11.5 Å². The van der Waals surface area contributed by atoms with Crippen LogP contribution in [0.2, 0.25) is 5.04 Å². The summed E-state index contributed by atoms with van der Waals surface area (Å²) >= 11 is 0. The molecule has 0 spiro atoms. The van der Waals surface area contributed by atoms with Gasteiger partial charge in [-0.05, 0) is 28.4 Å². The number of benzene rings is 2. The van der Waals surface area contributed by atoms with Gasteiger partial charge in [-0.2, -0.15) is 0 Å². The zero-order chi connectivity index (χ0) is 23.4. The quantitative estimate of drug-likeness (QED) is 0.291. The summed E-state index contributed by atoms with van der Waals surface area (Å²) in [4.78, 5) is 17.1. The van der Waals surface area contributed by atoms with Crippen molar-refractivity contribution in [2.75, 3.05) is 25.1 Å². The van der Waals surface area contributed by atoms with Crippen LogP contribution in [-0.2, 0) is 4.43 Å². The largest absolute Gasteiger partial charge is 0.406 e. The van der Waals surface area contributed by atoms with Crippen molar-refractivity contribution in [3.63, 3.8) is 0 Å². The van der Waals surface area contributed by atoms with Crippen LogP contribution in [0.15, 0.2) is 72.8 Å². The van der Waals surface area contributed by atoms with E-state index in [2.05, 4.69) is 74.3 Å². The molecule has 0 atom stereocenters. The molecule has 7 heteroatoms. The minimum atomic E-state index is -2.59. The number of aromatic nitrogens is 1. The van der Waals surface area contributed by atoms with Gasteiger partial charge in [0.25, 0.3) is 14.0 Å². The first-order chi connectivity index (χ1) is 15.2. The number of nitro groups is 1. The van der Waals surface area contributed by atoms with Crippen LogP contribution in [-0.4, -0.2) is 38.4 Å². The van der Waals surface area contributed by atoms with Crippen molar-refractivity contribution in [3.05, 3.63) is 88.6 Å². The van der Waals surface area contributed by atoms with Crippen LogP contribution >= 0.6 is 0 Å². The molecule has 0 saturated heterocycles. The first kappa shape index (κ1) is 23.6. The molecule has 0 radical (unpaired) electrons. The Morgan fingerprint density at radius 3 is 1.94 bits per heavy atom. The van der Waals surface area contributed by atoms with Gasteiger partial charge < -0.3 is 9.33 Å². The lowest BCUT2D eigenvalue weighted by Gasteiger charge is -2.43. The van der Waals surface area contributed by atoms with E-state index in [-0.39, 0.29) is 10.7 Å². The van der Waals surface area contributed by atoms with Crippen LogP contribution in [0, 0.1) is 17.0 Å². The van der Waals surface area contributed by atoms with Crippen molar-refractivity contribution in [2.24, 2.45) is 0 Å². The summed E-state index contributed by atoms with van der Waals surface area (Å²) in [5.41, 5.74) is 0.443. The summed E-state index contributed by atoms with van der Waals surface area (Å²) in [7, 11) is -0.655. The molecule has 6 nitrogen and oxygen atoms in total. The van der Waals surface area contributed by atoms with E-state index in [0.717, 1.165) is 0 Å². The summed E-state index contributed by atoms with van der Waals surface area (Å²) in [6.45, 7) is 9.56. The molecule has 1 heterocycles. The molecule has 0 aliphatic heterocycles. The third-order valence-corrected chi connectivity index (χ3v) is 10.8. The van der Waals surface area contributed by atoms with Crippen LogP contribution in [0.25, 0.3) is 0 Å². The molecule has 0 fully saturated rings. The molecular formula is C25H31N3O3Si. The fourth-order valence-electron chi connectivity index (χ4n) is 4.16. The smallest absolute Gasteiger partial charge is 0.290 e. The summed E-state index contributed by atoms with van der Waals surface area (Å²) in [6, 6.07) is 24.3. The Hall–Kier alpha value is -3.03. The number of pyridine rings is 1. The number of hydrogen-bond acceptors (Lipinski definition) is 5. The second-order valence-electron chi connectivity index (χ2n) is 8.96. The van der Waals surface area contributed by atoms with Gasteiger partial charge in [0.15, 0.2) is 0 Å². The highest BCUT2D eigenvalue weighted by Gasteiger charge is 2.50. The number of anilines is 1. The molecule has 0 amide bonds. The average Bonchev–Trinajstić information content (AvgIpc) is 2.76. The van der Waals surface area contributed by atoms with Crippen LogP contribution in [0.1, 0.15) is 26.5 Å². The molecule has 0 saturated carbocycles. The normalized spacial score (nSPS) is 11.9. The Balaban J connectivity index is 1.88. The molecule has 168 valence electrons. The SMILES string of the molecule is Cc1nc(N(C)CCO[Si](c2ccccc2)(c2ccccc2)C(C)(C)C)ccc1[N+](=O)[O-]. The maximum atomic E-state index is 11.1. The number of likely N-dealkylation sites (N-methyl/N-ethyl adjacent to an activating group) is 1. The van der Waals surface area contributed by atoms with Crippen LogP contribution in [0.5, 0.6) is 0 Å². The lowest BCUT2D eigenvalue weighted by atomic mass is 10.2. The van der Waals surface area contributed by atoms with Crippen molar-refractivity contribution in [1.82, 2.24) is 4.98 Å². The third-order valence-electron chi connectivity index (χ3n) is 5.79. The second kappa shape index (κ2) is 9.63. The monoisotopic (exact) mass is 449 g/mol. The zero-order valence-electron chi connectivity index (χ0n) is 19.4. The maximum Gasteiger partial charge on any atom is 0.290 e. The van der Waals surface area contributed by atoms with Crippen molar-refractivity contribution >= 4 is 30.2 Å². The Kier molecular flexibility index (Phi) is 7.11. The van der Waals surface area contributed by atoms with E-state index in [9.17, 15) is 10.1 Å². The van der Waals surface area contributed by atoms with Crippen molar-refractivity contribution in [1.29, 1.82) is 0 Å². The van der Waals surface area contributed by atoms with E-state index in [4.69, 9.17) is 4.43 Å². The fourth-order valence-corrected chi connectivity index (χ4v) is 8.71. The number of hydrogen-bond donors (Lipinski definition) is 0. The minimum absolute atomic E-state index is 0.0331. The van der Waals surface area contributed by atoms with Crippen molar-refractivity contribution in [3.8, 4) is 0 Å². The second-order valence-corrected chi connectivity index (χ2v) is 13.3. The molecule has 2 aromatic carbocycles. The van der Waals surface area contributed by atoms with Gasteiger partial charge >= 0.3 is 0 Å². The van der Waals surface area contributed by atoms with E-state index in [0.29, 0.717) is 24.7 Å². The number of aryl methyl sites for hydroxylation is 1. The van der Waals surface area contributed by atoms with Gasteiger partial charge in [-0.15, -0.1) is 0 Å². The first-order valence-corrected chi connectivity index (χ1v) is 12.7. The van der Waals surface area contributed by atoms with Gasteiger partial charge in [0.05, 0.1) is 11.5 Å². The summed E-state index contributed by atoms with van der Waals surface area (Å²) in [5, 5.41) is 13.5. The fraction of sp³-hybridized carbons (Fsp3) is 0.320. The van der Waals surface area contributed by atoms with E-state index in [1.807, 2.05) is 24.1 Å². The average molecular weight is 450 g/mol. The molecule has 0 aliphatic carbocycles. The third kappa shape index (κ3) is 4.74. The number of rotatable bonds is 8. The Morgan fingerprint density at radius 1 is 0.969 bits per heavy atom. The van der Waals surface area contributed by atoms with E-state index < -0.39 is 13.2 Å². The summed E-state index contributed by atoms with van der Waals surface area (Å²) in [5.74, 6) is 0.694. The Morgan fingerprint density at radius 2 is 1.50 bits per heavy atom. The van der Waals surface area contributed by atoms with Gasteiger partial charge in [0.2, 0.25) is 0 Å². The molecule has 32 heavy (non-hydrogen) atoms. The highest BCUT2D eigenvalue weighted by Crippen LogP contribution is 2.36. The highest BCUT2D eigenvalue weighted by atomic mass is 28.4. The topological polar surface area (TPSA) is 68.5 Å². The summed E-state index contributed by atoms with van der Waals surface area (Å²) in [6.07, 6.45) is 0. The molecule has 0 unspecified atom stereocenters. The molecule has 0 aliphatic rings. The zero-order valence-corrected chi connectivity index (χ0v) is 20.4. The van der Waals surface area contributed by atoms with Crippen molar-refractivity contribution in [2.45, 2.75) is 32.7 Å². The molecule has 0 bridgehead atoms. The highest BCUT2D eigenvalue weighted by molar-refractivity contribution is 6.99. The Bertz CT molecular complexity index is 1010. The van der Waals surface area contributed by atoms with Gasteiger partial charge in [-0.1, -0.05) is 81.4 Å². The van der Waals surface area contributed by atoms with Gasteiger partial charge in [-0.25, -0.2) is 4.98 Å². The Labute approximate surface area is 191 Å². The lowest BCUT2D eigenvalue weighted by Crippen LogP contribution is -2.67. The first-order valence-electron chi connectivity index (χ1n) is 10.7. The number of nitrogens with zero attached hydrogens (tertiary/aromatic N) is 3. The molecular weight excluding hydrogens is 418 g/mol. The molecule has 3 rings (SSSR count). The van der Waals surface area contributed by atoms with E-state index >= 15 is 0 Å². The molecule has 0 N–H and O–H groups in total. The van der Waals surface area contributed by atoms with Gasteiger partial charge in [0.1, 0.15) is 11.5 Å². The van der Waals surface area contributed by atoms with Crippen LogP contribution in [0.3, 0.4) is 0 Å².